The molecule has 0 unspecified atom stereocenters. The number of aliphatic hydroxyl groups is 1. The fourth-order valence-electron chi connectivity index (χ4n) is 2.38. The summed E-state index contributed by atoms with van der Waals surface area (Å²) in [5.74, 6) is -1.71. The molecule has 1 aliphatic carbocycles. The molecule has 0 radical (unpaired) electrons. The standard InChI is InChI=1S/C14H15NO6S/c1-15-11(22(2,20)21)7-6-8(14(15)19)13(18)12-9(16)4-3-5-10(12)17/h6-7,18H,3-5H2,1-2H3. The average molecular weight is 325 g/mol. The molecule has 1 fully saturated rings. The molecule has 118 valence electrons. The molecule has 0 atom stereocenters. The second-order valence-electron chi connectivity index (χ2n) is 5.15. The zero-order valence-corrected chi connectivity index (χ0v) is 12.9. The van der Waals surface area contributed by atoms with E-state index < -0.39 is 32.7 Å². The fourth-order valence-corrected chi connectivity index (χ4v) is 3.28. The van der Waals surface area contributed by atoms with Crippen LogP contribution in [0.25, 0.3) is 5.76 Å². The maximum atomic E-state index is 12.2. The van der Waals surface area contributed by atoms with Gasteiger partial charge in [-0.15, -0.1) is 0 Å². The third-order valence-electron chi connectivity index (χ3n) is 3.50. The van der Waals surface area contributed by atoms with Crippen molar-refractivity contribution in [1.29, 1.82) is 0 Å². The van der Waals surface area contributed by atoms with Crippen molar-refractivity contribution in [2.75, 3.05) is 6.26 Å². The van der Waals surface area contributed by atoms with Crippen molar-refractivity contribution in [3.8, 4) is 0 Å². The Balaban J connectivity index is 2.69. The largest absolute Gasteiger partial charge is 0.506 e. The second kappa shape index (κ2) is 5.53. The van der Waals surface area contributed by atoms with Gasteiger partial charge in [0.1, 0.15) is 16.4 Å². The number of rotatable bonds is 2. The van der Waals surface area contributed by atoms with Gasteiger partial charge in [0.25, 0.3) is 5.56 Å². The van der Waals surface area contributed by atoms with Gasteiger partial charge in [-0.2, -0.15) is 0 Å². The van der Waals surface area contributed by atoms with Crippen LogP contribution in [0.5, 0.6) is 0 Å². The third kappa shape index (κ3) is 2.74. The van der Waals surface area contributed by atoms with Crippen molar-refractivity contribution >= 4 is 27.2 Å². The SMILES string of the molecule is Cn1c(S(C)(=O)=O)ccc(C(O)=C2C(=O)CCCC2=O)c1=O. The molecule has 1 aromatic heterocycles. The number of ketones is 2. The molecule has 0 spiro atoms. The maximum absolute atomic E-state index is 12.2. The minimum absolute atomic E-state index is 0.132. The summed E-state index contributed by atoms with van der Waals surface area (Å²) in [5.41, 5.74) is -1.44. The molecule has 0 aliphatic heterocycles. The first-order chi connectivity index (χ1) is 10.1. The molecule has 0 saturated heterocycles. The number of hydrogen-bond acceptors (Lipinski definition) is 6. The first-order valence-corrected chi connectivity index (χ1v) is 8.44. The highest BCUT2D eigenvalue weighted by molar-refractivity contribution is 7.90. The van der Waals surface area contributed by atoms with Gasteiger partial charge in [0.05, 0.1) is 5.56 Å². The van der Waals surface area contributed by atoms with Gasteiger partial charge >= 0.3 is 0 Å². The second-order valence-corrected chi connectivity index (χ2v) is 7.11. The summed E-state index contributed by atoms with van der Waals surface area (Å²) in [7, 11) is -2.37. The van der Waals surface area contributed by atoms with Gasteiger partial charge in [-0.05, 0) is 18.6 Å². The van der Waals surface area contributed by atoms with Crippen LogP contribution in [0.1, 0.15) is 24.8 Å². The van der Waals surface area contributed by atoms with E-state index in [9.17, 15) is 27.9 Å². The lowest BCUT2D eigenvalue weighted by atomic mass is 9.90. The summed E-state index contributed by atoms with van der Waals surface area (Å²) < 4.78 is 24.0. The van der Waals surface area contributed by atoms with Gasteiger partial charge in [-0.3, -0.25) is 14.4 Å². The first kappa shape index (κ1) is 16.2. The summed E-state index contributed by atoms with van der Waals surface area (Å²) >= 11 is 0. The summed E-state index contributed by atoms with van der Waals surface area (Å²) in [6.07, 6.45) is 1.63. The Morgan fingerprint density at radius 2 is 1.68 bits per heavy atom. The molecule has 8 heteroatoms. The summed E-state index contributed by atoms with van der Waals surface area (Å²) in [4.78, 5) is 35.8. The Morgan fingerprint density at radius 1 is 1.14 bits per heavy atom. The molecule has 1 aromatic rings. The van der Waals surface area contributed by atoms with E-state index in [0.29, 0.717) is 6.42 Å². The predicted molar refractivity (Wildman–Crippen MR) is 78.2 cm³/mol. The van der Waals surface area contributed by atoms with E-state index in [0.717, 1.165) is 23.0 Å². The molecular weight excluding hydrogens is 310 g/mol. The van der Waals surface area contributed by atoms with Gasteiger partial charge in [0, 0.05) is 26.1 Å². The van der Waals surface area contributed by atoms with E-state index in [1.807, 2.05) is 0 Å². The van der Waals surface area contributed by atoms with E-state index >= 15 is 0 Å². The predicted octanol–water partition coefficient (Wildman–Crippen LogP) is 0.380. The van der Waals surface area contributed by atoms with Crippen LogP contribution in [0.4, 0.5) is 0 Å². The number of carbonyl (C=O) groups excluding carboxylic acids is 2. The van der Waals surface area contributed by atoms with Gasteiger partial charge in [-0.1, -0.05) is 0 Å². The maximum Gasteiger partial charge on any atom is 0.262 e. The number of aliphatic hydroxyl groups excluding tert-OH is 1. The number of sulfone groups is 1. The topological polar surface area (TPSA) is 111 Å². The van der Waals surface area contributed by atoms with Gasteiger partial charge in [-0.25, -0.2) is 8.42 Å². The van der Waals surface area contributed by atoms with E-state index in [1.54, 1.807) is 0 Å². The Hall–Kier alpha value is -2.22. The normalized spacial score (nSPS) is 16.0. The smallest absolute Gasteiger partial charge is 0.262 e. The number of hydrogen-bond donors (Lipinski definition) is 1. The lowest BCUT2D eigenvalue weighted by Crippen LogP contribution is -2.27. The molecule has 1 heterocycles. The van der Waals surface area contributed by atoms with Crippen molar-refractivity contribution in [1.82, 2.24) is 4.57 Å². The van der Waals surface area contributed by atoms with Crippen molar-refractivity contribution in [2.45, 2.75) is 24.3 Å². The van der Waals surface area contributed by atoms with Crippen LogP contribution >= 0.6 is 0 Å². The van der Waals surface area contributed by atoms with Crippen LogP contribution in [-0.2, 0) is 26.5 Å². The zero-order valence-electron chi connectivity index (χ0n) is 12.1. The summed E-state index contributed by atoms with van der Waals surface area (Å²) in [5, 5.41) is 9.94. The fraction of sp³-hybridized carbons (Fsp3) is 0.357. The Kier molecular flexibility index (Phi) is 4.06. The number of aromatic nitrogens is 1. The monoisotopic (exact) mass is 325 g/mol. The number of carbonyl (C=O) groups is 2. The molecule has 1 saturated carbocycles. The highest BCUT2D eigenvalue weighted by atomic mass is 32.2. The molecule has 22 heavy (non-hydrogen) atoms. The minimum Gasteiger partial charge on any atom is -0.506 e. The first-order valence-electron chi connectivity index (χ1n) is 6.54. The zero-order chi connectivity index (χ0) is 16.7. The minimum atomic E-state index is -3.61. The number of nitrogens with zero attached hydrogens (tertiary/aromatic N) is 1. The molecular formula is C14H15NO6S. The van der Waals surface area contributed by atoms with Crippen molar-refractivity contribution < 1.29 is 23.1 Å². The Morgan fingerprint density at radius 3 is 2.18 bits per heavy atom. The van der Waals surface area contributed by atoms with Crippen molar-refractivity contribution in [3.63, 3.8) is 0 Å². The number of allylic oxidation sites excluding steroid dienone is 1. The van der Waals surface area contributed by atoms with Crippen LogP contribution in [0.15, 0.2) is 27.5 Å². The Labute approximate surface area is 126 Å². The summed E-state index contributed by atoms with van der Waals surface area (Å²) in [6, 6.07) is 2.26. The molecule has 2 rings (SSSR count). The van der Waals surface area contributed by atoms with E-state index in [2.05, 4.69) is 0 Å². The highest BCUT2D eigenvalue weighted by Crippen LogP contribution is 2.23. The van der Waals surface area contributed by atoms with Crippen LogP contribution in [0, 0.1) is 0 Å². The lowest BCUT2D eigenvalue weighted by Gasteiger charge is -2.14. The number of Topliss-reactive ketones (excluding diaryl/α,β-unsaturated/α-hetero) is 2. The molecule has 7 nitrogen and oxygen atoms in total. The van der Waals surface area contributed by atoms with Crippen LogP contribution in [-0.4, -0.2) is 35.9 Å². The number of pyridine rings is 1. The van der Waals surface area contributed by atoms with E-state index in [-0.39, 0.29) is 29.0 Å². The van der Waals surface area contributed by atoms with Gasteiger partial charge in [0.15, 0.2) is 21.4 Å². The quantitative estimate of drug-likeness (QED) is 0.478. The van der Waals surface area contributed by atoms with Crippen LogP contribution < -0.4 is 5.56 Å². The third-order valence-corrected chi connectivity index (χ3v) is 4.67. The van der Waals surface area contributed by atoms with Crippen molar-refractivity contribution in [3.05, 3.63) is 33.6 Å². The molecule has 1 N–H and O–H groups in total. The average Bonchev–Trinajstić information content (AvgIpc) is 2.40. The van der Waals surface area contributed by atoms with E-state index in [1.165, 1.54) is 7.05 Å². The van der Waals surface area contributed by atoms with Crippen LogP contribution in [0.2, 0.25) is 0 Å². The molecule has 0 bridgehead atoms. The molecule has 0 aromatic carbocycles. The summed E-state index contributed by atoms with van der Waals surface area (Å²) in [6.45, 7) is 0. The van der Waals surface area contributed by atoms with Crippen LogP contribution in [0.3, 0.4) is 0 Å². The molecule has 1 aliphatic rings. The Bertz CT molecular complexity index is 842. The highest BCUT2D eigenvalue weighted by Gasteiger charge is 2.29. The lowest BCUT2D eigenvalue weighted by molar-refractivity contribution is -0.123. The van der Waals surface area contributed by atoms with E-state index in [4.69, 9.17) is 0 Å². The van der Waals surface area contributed by atoms with Gasteiger partial charge in [0.2, 0.25) is 0 Å². The van der Waals surface area contributed by atoms with Gasteiger partial charge < -0.3 is 9.67 Å². The van der Waals surface area contributed by atoms with Crippen molar-refractivity contribution in [2.24, 2.45) is 7.05 Å². The molecule has 0 amide bonds.